The van der Waals surface area contributed by atoms with Crippen LogP contribution >= 0.6 is 0 Å². The zero-order valence-corrected chi connectivity index (χ0v) is 8.29. The molecule has 1 aromatic heterocycles. The second-order valence-corrected chi connectivity index (χ2v) is 3.81. The van der Waals surface area contributed by atoms with E-state index in [9.17, 15) is 0 Å². The van der Waals surface area contributed by atoms with Crippen LogP contribution in [-0.4, -0.2) is 0 Å². The topological polar surface area (TPSA) is 13.1 Å². The predicted octanol–water partition coefficient (Wildman–Crippen LogP) is 3.86. The van der Waals surface area contributed by atoms with E-state index < -0.39 is 0 Å². The largest absolute Gasteiger partial charge is 0.461 e. The molecule has 0 atom stereocenters. The third-order valence-corrected chi connectivity index (χ3v) is 2.33. The lowest BCUT2D eigenvalue weighted by Crippen LogP contribution is -1.84. The first-order valence-corrected chi connectivity index (χ1v) is 4.67. The van der Waals surface area contributed by atoms with Crippen molar-refractivity contribution in [2.45, 2.75) is 26.7 Å². The van der Waals surface area contributed by atoms with E-state index in [1.54, 1.807) is 0 Å². The van der Waals surface area contributed by atoms with Crippen molar-refractivity contribution in [1.29, 1.82) is 0 Å². The van der Waals surface area contributed by atoms with Crippen molar-refractivity contribution >= 4 is 11.0 Å². The van der Waals surface area contributed by atoms with Gasteiger partial charge in [-0.05, 0) is 36.6 Å². The molecule has 0 radical (unpaired) electrons. The minimum Gasteiger partial charge on any atom is -0.461 e. The molecule has 68 valence electrons. The van der Waals surface area contributed by atoms with E-state index in [-0.39, 0.29) is 0 Å². The molecule has 0 bridgehead atoms. The highest BCUT2D eigenvalue weighted by Gasteiger charge is 2.03. The molecule has 1 heteroatoms. The lowest BCUT2D eigenvalue weighted by Gasteiger charge is -2.03. The summed E-state index contributed by atoms with van der Waals surface area (Å²) < 4.78 is 5.50. The van der Waals surface area contributed by atoms with Gasteiger partial charge in [-0.25, -0.2) is 0 Å². The van der Waals surface area contributed by atoms with Crippen LogP contribution in [0.4, 0.5) is 0 Å². The third-order valence-electron chi connectivity index (χ3n) is 2.33. The fraction of sp³-hybridized carbons (Fsp3) is 0.333. The molecule has 0 saturated heterocycles. The Hall–Kier alpha value is -1.24. The van der Waals surface area contributed by atoms with Gasteiger partial charge in [0.15, 0.2) is 0 Å². The van der Waals surface area contributed by atoms with E-state index in [0.29, 0.717) is 5.92 Å². The van der Waals surface area contributed by atoms with Crippen LogP contribution in [0.1, 0.15) is 31.1 Å². The van der Waals surface area contributed by atoms with Crippen molar-refractivity contribution in [3.8, 4) is 0 Å². The molecular formula is C12H14O. The van der Waals surface area contributed by atoms with E-state index in [1.807, 2.05) is 6.92 Å². The molecule has 0 unspecified atom stereocenters. The van der Waals surface area contributed by atoms with E-state index in [1.165, 1.54) is 10.9 Å². The molecule has 2 rings (SSSR count). The van der Waals surface area contributed by atoms with Crippen LogP contribution in [0.3, 0.4) is 0 Å². The van der Waals surface area contributed by atoms with E-state index in [0.717, 1.165) is 11.3 Å². The summed E-state index contributed by atoms with van der Waals surface area (Å²) in [5.41, 5.74) is 2.36. The van der Waals surface area contributed by atoms with Gasteiger partial charge in [0, 0.05) is 5.39 Å². The van der Waals surface area contributed by atoms with Gasteiger partial charge in [-0.15, -0.1) is 0 Å². The summed E-state index contributed by atoms with van der Waals surface area (Å²) in [6.07, 6.45) is 0. The molecule has 1 heterocycles. The summed E-state index contributed by atoms with van der Waals surface area (Å²) in [5.74, 6) is 1.57. The van der Waals surface area contributed by atoms with E-state index in [4.69, 9.17) is 4.42 Å². The predicted molar refractivity (Wildman–Crippen MR) is 55.0 cm³/mol. The first-order chi connectivity index (χ1) is 6.16. The highest BCUT2D eigenvalue weighted by Crippen LogP contribution is 2.23. The van der Waals surface area contributed by atoms with Gasteiger partial charge in [-0.2, -0.15) is 0 Å². The van der Waals surface area contributed by atoms with Gasteiger partial charge in [0.1, 0.15) is 11.3 Å². The van der Waals surface area contributed by atoms with Crippen LogP contribution in [-0.2, 0) is 0 Å². The summed E-state index contributed by atoms with van der Waals surface area (Å²) in [6, 6.07) is 8.48. The monoisotopic (exact) mass is 174 g/mol. The maximum atomic E-state index is 5.50. The normalized spacial score (nSPS) is 11.4. The minimum absolute atomic E-state index is 0.583. The number of furan rings is 1. The van der Waals surface area contributed by atoms with Crippen LogP contribution in [0, 0.1) is 6.92 Å². The average Bonchev–Trinajstić information content (AvgIpc) is 2.42. The highest BCUT2D eigenvalue weighted by molar-refractivity contribution is 5.78. The molecule has 13 heavy (non-hydrogen) atoms. The molecule has 1 aromatic carbocycles. The molecule has 2 aromatic rings. The van der Waals surface area contributed by atoms with Gasteiger partial charge >= 0.3 is 0 Å². The van der Waals surface area contributed by atoms with Gasteiger partial charge in [0.25, 0.3) is 0 Å². The van der Waals surface area contributed by atoms with Gasteiger partial charge in [-0.3, -0.25) is 0 Å². The second kappa shape index (κ2) is 2.91. The molecule has 0 aliphatic heterocycles. The summed E-state index contributed by atoms with van der Waals surface area (Å²) in [4.78, 5) is 0. The number of rotatable bonds is 1. The lowest BCUT2D eigenvalue weighted by molar-refractivity contribution is 0.578. The third kappa shape index (κ3) is 1.46. The number of fused-ring (bicyclic) bond motifs is 1. The van der Waals surface area contributed by atoms with Crippen molar-refractivity contribution in [2.75, 3.05) is 0 Å². The smallest absolute Gasteiger partial charge is 0.134 e. The molecular weight excluding hydrogens is 160 g/mol. The fourth-order valence-corrected chi connectivity index (χ4v) is 1.55. The zero-order valence-electron chi connectivity index (χ0n) is 8.29. The van der Waals surface area contributed by atoms with E-state index >= 15 is 0 Å². The van der Waals surface area contributed by atoms with Gasteiger partial charge in [-0.1, -0.05) is 19.9 Å². The van der Waals surface area contributed by atoms with Gasteiger partial charge in [0.2, 0.25) is 0 Å². The Morgan fingerprint density at radius 2 is 1.92 bits per heavy atom. The first-order valence-electron chi connectivity index (χ1n) is 4.67. The summed E-state index contributed by atoms with van der Waals surface area (Å²) >= 11 is 0. The van der Waals surface area contributed by atoms with Crippen molar-refractivity contribution in [2.24, 2.45) is 0 Å². The maximum Gasteiger partial charge on any atom is 0.134 e. The maximum absolute atomic E-state index is 5.50. The second-order valence-electron chi connectivity index (χ2n) is 3.81. The Bertz CT molecular complexity index is 424. The Balaban J connectivity index is 2.61. The molecule has 0 fully saturated rings. The van der Waals surface area contributed by atoms with Gasteiger partial charge in [0.05, 0.1) is 0 Å². The van der Waals surface area contributed by atoms with Crippen LogP contribution < -0.4 is 0 Å². The SMILES string of the molecule is Cc1cc2cc(C(C)C)ccc2o1. The summed E-state index contributed by atoms with van der Waals surface area (Å²) in [7, 11) is 0. The van der Waals surface area contributed by atoms with Crippen LogP contribution in [0.15, 0.2) is 28.7 Å². The molecule has 0 spiro atoms. The number of hydrogen-bond acceptors (Lipinski definition) is 1. The molecule has 0 N–H and O–H groups in total. The molecule has 0 aliphatic carbocycles. The Kier molecular flexibility index (Phi) is 1.87. The molecule has 0 saturated carbocycles. The minimum atomic E-state index is 0.583. The molecule has 1 nitrogen and oxygen atoms in total. The van der Waals surface area contributed by atoms with Crippen LogP contribution in [0.25, 0.3) is 11.0 Å². The number of hydrogen-bond donors (Lipinski definition) is 0. The van der Waals surface area contributed by atoms with Crippen molar-refractivity contribution < 1.29 is 4.42 Å². The lowest BCUT2D eigenvalue weighted by atomic mass is 10.0. The Labute approximate surface area is 78.4 Å². The van der Waals surface area contributed by atoms with Crippen LogP contribution in [0.5, 0.6) is 0 Å². The van der Waals surface area contributed by atoms with Crippen molar-refractivity contribution in [3.63, 3.8) is 0 Å². The van der Waals surface area contributed by atoms with Crippen molar-refractivity contribution in [3.05, 3.63) is 35.6 Å². The summed E-state index contributed by atoms with van der Waals surface area (Å²) in [5, 5.41) is 1.21. The quantitative estimate of drug-likeness (QED) is 0.639. The first kappa shape index (κ1) is 8.36. The highest BCUT2D eigenvalue weighted by atomic mass is 16.3. The standard InChI is InChI=1S/C12H14O/c1-8(2)10-4-5-12-11(7-10)6-9(3)13-12/h4-8H,1-3H3. The Morgan fingerprint density at radius 3 is 2.62 bits per heavy atom. The summed E-state index contributed by atoms with van der Waals surface area (Å²) in [6.45, 7) is 6.39. The van der Waals surface area contributed by atoms with Crippen LogP contribution in [0.2, 0.25) is 0 Å². The number of aryl methyl sites for hydroxylation is 1. The molecule has 0 amide bonds. The van der Waals surface area contributed by atoms with Crippen molar-refractivity contribution in [1.82, 2.24) is 0 Å². The zero-order chi connectivity index (χ0) is 9.42. The average molecular weight is 174 g/mol. The molecule has 0 aliphatic rings. The number of benzene rings is 1. The van der Waals surface area contributed by atoms with E-state index in [2.05, 4.69) is 38.1 Å². The van der Waals surface area contributed by atoms with Gasteiger partial charge < -0.3 is 4.42 Å². The Morgan fingerprint density at radius 1 is 1.15 bits per heavy atom. The fourth-order valence-electron chi connectivity index (χ4n) is 1.55.